The fraction of sp³-hybridized carbons (Fsp3) is 0.500. The van der Waals surface area contributed by atoms with Gasteiger partial charge in [0.25, 0.3) is 0 Å². The molecule has 0 amide bonds. The Hall–Kier alpha value is -1.84. The first-order valence-corrected chi connectivity index (χ1v) is 7.00. The number of carbonyl (C=O) groups excluding carboxylic acids is 2. The molecule has 0 N–H and O–H groups in total. The lowest BCUT2D eigenvalue weighted by Gasteiger charge is -2.11. The Balaban J connectivity index is 2.28. The number of benzene rings is 1. The summed E-state index contributed by atoms with van der Waals surface area (Å²) in [7, 11) is 0. The SMILES string of the molecule is CCOc1cc2c(cc1C(=O)CCC(C)=O)OC(C)C2. The van der Waals surface area contributed by atoms with E-state index in [-0.39, 0.29) is 30.5 Å². The third-order valence-corrected chi connectivity index (χ3v) is 3.30. The minimum Gasteiger partial charge on any atom is -0.493 e. The molecule has 20 heavy (non-hydrogen) atoms. The molecule has 4 nitrogen and oxygen atoms in total. The molecule has 2 rings (SSSR count). The second kappa shape index (κ2) is 6.07. The van der Waals surface area contributed by atoms with Crippen LogP contribution in [0.2, 0.25) is 0 Å². The number of Topliss-reactive ketones (excluding diaryl/α,β-unsaturated/α-hetero) is 2. The van der Waals surface area contributed by atoms with Crippen LogP contribution in [0.25, 0.3) is 0 Å². The zero-order chi connectivity index (χ0) is 14.7. The summed E-state index contributed by atoms with van der Waals surface area (Å²) in [6.07, 6.45) is 1.43. The molecular weight excluding hydrogens is 256 g/mol. The number of carbonyl (C=O) groups is 2. The van der Waals surface area contributed by atoms with Crippen molar-refractivity contribution in [3.63, 3.8) is 0 Å². The van der Waals surface area contributed by atoms with E-state index in [9.17, 15) is 9.59 Å². The van der Waals surface area contributed by atoms with Crippen LogP contribution in [-0.2, 0) is 11.2 Å². The maximum Gasteiger partial charge on any atom is 0.167 e. The smallest absolute Gasteiger partial charge is 0.167 e. The standard InChI is InChI=1S/C16H20O4/c1-4-19-16-8-12-7-11(3)20-15(12)9-13(16)14(18)6-5-10(2)17/h8-9,11H,4-7H2,1-3H3. The number of rotatable bonds is 6. The number of ketones is 2. The minimum atomic E-state index is -0.0744. The molecule has 1 heterocycles. The van der Waals surface area contributed by atoms with Crippen molar-refractivity contribution in [2.45, 2.75) is 46.1 Å². The Labute approximate surface area is 119 Å². The quantitative estimate of drug-likeness (QED) is 0.750. The van der Waals surface area contributed by atoms with Crippen LogP contribution in [0.4, 0.5) is 0 Å². The molecule has 1 unspecified atom stereocenters. The van der Waals surface area contributed by atoms with Crippen LogP contribution < -0.4 is 9.47 Å². The molecule has 4 heteroatoms. The fourth-order valence-corrected chi connectivity index (χ4v) is 2.36. The Kier molecular flexibility index (Phi) is 4.42. The van der Waals surface area contributed by atoms with E-state index < -0.39 is 0 Å². The molecule has 0 aromatic heterocycles. The first kappa shape index (κ1) is 14.6. The van der Waals surface area contributed by atoms with Crippen molar-refractivity contribution in [3.8, 4) is 11.5 Å². The van der Waals surface area contributed by atoms with Gasteiger partial charge in [-0.15, -0.1) is 0 Å². The highest BCUT2D eigenvalue weighted by Gasteiger charge is 2.24. The summed E-state index contributed by atoms with van der Waals surface area (Å²) in [5.74, 6) is 1.29. The zero-order valence-electron chi connectivity index (χ0n) is 12.2. The van der Waals surface area contributed by atoms with Gasteiger partial charge in [-0.25, -0.2) is 0 Å². The molecule has 0 fully saturated rings. The van der Waals surface area contributed by atoms with Gasteiger partial charge in [0.05, 0.1) is 12.2 Å². The van der Waals surface area contributed by atoms with Gasteiger partial charge >= 0.3 is 0 Å². The molecule has 1 aliphatic rings. The van der Waals surface area contributed by atoms with E-state index >= 15 is 0 Å². The molecule has 1 atom stereocenters. The highest BCUT2D eigenvalue weighted by atomic mass is 16.5. The van der Waals surface area contributed by atoms with E-state index in [4.69, 9.17) is 9.47 Å². The normalized spacial score (nSPS) is 16.4. The van der Waals surface area contributed by atoms with E-state index in [1.54, 1.807) is 6.07 Å². The van der Waals surface area contributed by atoms with Crippen LogP contribution >= 0.6 is 0 Å². The summed E-state index contributed by atoms with van der Waals surface area (Å²) in [4.78, 5) is 23.3. The largest absolute Gasteiger partial charge is 0.493 e. The maximum atomic E-state index is 12.2. The molecule has 0 saturated heterocycles. The van der Waals surface area contributed by atoms with Gasteiger partial charge in [0.2, 0.25) is 0 Å². The minimum absolute atomic E-state index is 0.0161. The highest BCUT2D eigenvalue weighted by molar-refractivity contribution is 6.00. The second-order valence-corrected chi connectivity index (χ2v) is 5.15. The molecule has 1 aromatic rings. The van der Waals surface area contributed by atoms with Crippen LogP contribution in [0.3, 0.4) is 0 Å². The summed E-state index contributed by atoms with van der Waals surface area (Å²) < 4.78 is 11.2. The lowest BCUT2D eigenvalue weighted by Crippen LogP contribution is -2.06. The second-order valence-electron chi connectivity index (χ2n) is 5.15. The summed E-state index contributed by atoms with van der Waals surface area (Å²) in [6.45, 7) is 5.88. The van der Waals surface area contributed by atoms with Gasteiger partial charge < -0.3 is 14.3 Å². The molecule has 108 valence electrons. The van der Waals surface area contributed by atoms with Crippen LogP contribution in [0.15, 0.2) is 12.1 Å². The zero-order valence-corrected chi connectivity index (χ0v) is 12.2. The van der Waals surface area contributed by atoms with E-state index in [2.05, 4.69) is 0 Å². The van der Waals surface area contributed by atoms with E-state index in [0.717, 1.165) is 17.7 Å². The third kappa shape index (κ3) is 3.18. The fourth-order valence-electron chi connectivity index (χ4n) is 2.36. The molecule has 0 saturated carbocycles. The lowest BCUT2D eigenvalue weighted by molar-refractivity contribution is -0.116. The Morgan fingerprint density at radius 1 is 1.35 bits per heavy atom. The van der Waals surface area contributed by atoms with Crippen LogP contribution in [0, 0.1) is 0 Å². The average molecular weight is 276 g/mol. The molecular formula is C16H20O4. The van der Waals surface area contributed by atoms with Crippen LogP contribution in [-0.4, -0.2) is 24.3 Å². The summed E-state index contributed by atoms with van der Waals surface area (Å²) in [5.41, 5.74) is 1.59. The van der Waals surface area contributed by atoms with Gasteiger partial charge in [0.1, 0.15) is 23.4 Å². The highest BCUT2D eigenvalue weighted by Crippen LogP contribution is 2.35. The number of hydrogen-bond acceptors (Lipinski definition) is 4. The summed E-state index contributed by atoms with van der Waals surface area (Å²) in [5, 5.41) is 0. The monoisotopic (exact) mass is 276 g/mol. The van der Waals surface area contributed by atoms with Crippen molar-refractivity contribution < 1.29 is 19.1 Å². The lowest BCUT2D eigenvalue weighted by atomic mass is 10.0. The number of fused-ring (bicyclic) bond motifs is 1. The number of hydrogen-bond donors (Lipinski definition) is 0. The predicted molar refractivity (Wildman–Crippen MR) is 75.7 cm³/mol. The first-order chi connectivity index (χ1) is 9.51. The van der Waals surface area contributed by atoms with Crippen molar-refractivity contribution in [1.82, 2.24) is 0 Å². The van der Waals surface area contributed by atoms with Gasteiger partial charge in [-0.3, -0.25) is 4.79 Å². The molecule has 0 aliphatic carbocycles. The average Bonchev–Trinajstić information content (AvgIpc) is 2.74. The Bertz CT molecular complexity index is 534. The summed E-state index contributed by atoms with van der Waals surface area (Å²) in [6, 6.07) is 3.65. The van der Waals surface area contributed by atoms with Gasteiger partial charge in [-0.05, 0) is 32.9 Å². The molecule has 1 aromatic carbocycles. The first-order valence-electron chi connectivity index (χ1n) is 7.00. The van der Waals surface area contributed by atoms with Gasteiger partial charge in [-0.1, -0.05) is 0 Å². The van der Waals surface area contributed by atoms with Gasteiger partial charge in [0.15, 0.2) is 5.78 Å². The molecule has 1 aliphatic heterocycles. The topological polar surface area (TPSA) is 52.6 Å². The predicted octanol–water partition coefficient (Wildman–Crippen LogP) is 2.96. The van der Waals surface area contributed by atoms with Crippen molar-refractivity contribution in [2.75, 3.05) is 6.61 Å². The van der Waals surface area contributed by atoms with Gasteiger partial charge in [0, 0.05) is 24.8 Å². The van der Waals surface area contributed by atoms with Crippen molar-refractivity contribution >= 4 is 11.6 Å². The maximum absolute atomic E-state index is 12.2. The number of ether oxygens (including phenoxy) is 2. The van der Waals surface area contributed by atoms with E-state index in [1.807, 2.05) is 19.9 Å². The van der Waals surface area contributed by atoms with Gasteiger partial charge in [-0.2, -0.15) is 0 Å². The van der Waals surface area contributed by atoms with Crippen molar-refractivity contribution in [2.24, 2.45) is 0 Å². The van der Waals surface area contributed by atoms with Crippen molar-refractivity contribution in [3.05, 3.63) is 23.3 Å². The third-order valence-electron chi connectivity index (χ3n) is 3.30. The van der Waals surface area contributed by atoms with E-state index in [0.29, 0.717) is 17.9 Å². The molecule has 0 spiro atoms. The van der Waals surface area contributed by atoms with Crippen LogP contribution in [0.5, 0.6) is 11.5 Å². The Morgan fingerprint density at radius 3 is 2.75 bits per heavy atom. The van der Waals surface area contributed by atoms with E-state index in [1.165, 1.54) is 6.92 Å². The molecule has 0 radical (unpaired) electrons. The van der Waals surface area contributed by atoms with Crippen molar-refractivity contribution in [1.29, 1.82) is 0 Å². The Morgan fingerprint density at radius 2 is 2.10 bits per heavy atom. The molecule has 0 bridgehead atoms. The summed E-state index contributed by atoms with van der Waals surface area (Å²) >= 11 is 0. The van der Waals surface area contributed by atoms with Crippen LogP contribution in [0.1, 0.15) is 49.5 Å².